The van der Waals surface area contributed by atoms with Gasteiger partial charge in [0.2, 0.25) is 0 Å². The van der Waals surface area contributed by atoms with Gasteiger partial charge in [-0.25, -0.2) is 4.98 Å². The Bertz CT molecular complexity index is 615. The number of nitrogens with one attached hydrogen (secondary N) is 1. The maximum Gasteiger partial charge on any atom is 0.191 e. The van der Waals surface area contributed by atoms with E-state index in [1.807, 2.05) is 17.5 Å². The van der Waals surface area contributed by atoms with Gasteiger partial charge in [0.25, 0.3) is 0 Å². The zero-order valence-electron chi connectivity index (χ0n) is 9.52. The molecule has 86 valence electrons. The lowest BCUT2D eigenvalue weighted by Crippen LogP contribution is -1.74. The van der Waals surface area contributed by atoms with Gasteiger partial charge in [0.05, 0.1) is 9.75 Å². The minimum Gasteiger partial charge on any atom is -0.258 e. The fourth-order valence-electron chi connectivity index (χ4n) is 1.58. The van der Waals surface area contributed by atoms with Crippen LogP contribution in [0.1, 0.15) is 10.4 Å². The van der Waals surface area contributed by atoms with E-state index in [9.17, 15) is 0 Å². The van der Waals surface area contributed by atoms with Gasteiger partial charge in [-0.3, -0.25) is 5.10 Å². The molecule has 3 rings (SSSR count). The summed E-state index contributed by atoms with van der Waals surface area (Å²) in [6, 6.07) is 6.20. The average Bonchev–Trinajstić information content (AvgIpc) is 3.00. The molecule has 3 aromatic rings. The third kappa shape index (κ3) is 1.92. The predicted octanol–water partition coefficient (Wildman–Crippen LogP) is 3.88. The Labute approximate surface area is 107 Å². The van der Waals surface area contributed by atoms with E-state index < -0.39 is 0 Å². The van der Waals surface area contributed by atoms with Gasteiger partial charge in [0.1, 0.15) is 0 Å². The molecule has 5 heteroatoms. The molecule has 0 saturated heterocycles. The van der Waals surface area contributed by atoms with E-state index in [0.29, 0.717) is 0 Å². The first-order valence-corrected chi connectivity index (χ1v) is 6.97. The number of rotatable bonds is 2. The highest BCUT2D eigenvalue weighted by atomic mass is 32.1. The molecule has 17 heavy (non-hydrogen) atoms. The van der Waals surface area contributed by atoms with Gasteiger partial charge in [-0.05, 0) is 36.9 Å². The van der Waals surface area contributed by atoms with Crippen LogP contribution in [0.15, 0.2) is 23.6 Å². The number of aryl methyl sites for hydroxylation is 2. The van der Waals surface area contributed by atoms with Crippen LogP contribution in [0.2, 0.25) is 0 Å². The summed E-state index contributed by atoms with van der Waals surface area (Å²) in [5, 5.41) is 9.31. The van der Waals surface area contributed by atoms with Crippen LogP contribution in [0.25, 0.3) is 21.4 Å². The molecule has 3 aromatic heterocycles. The quantitative estimate of drug-likeness (QED) is 0.760. The van der Waals surface area contributed by atoms with E-state index in [0.717, 1.165) is 21.4 Å². The first kappa shape index (κ1) is 10.7. The van der Waals surface area contributed by atoms with E-state index in [1.165, 1.54) is 10.4 Å². The summed E-state index contributed by atoms with van der Waals surface area (Å²) in [7, 11) is 0. The van der Waals surface area contributed by atoms with Crippen LogP contribution in [0, 0.1) is 13.8 Å². The minimum atomic E-state index is 0.787. The minimum absolute atomic E-state index is 0.787. The lowest BCUT2D eigenvalue weighted by molar-refractivity contribution is 1.10. The molecule has 3 nitrogen and oxygen atoms in total. The van der Waals surface area contributed by atoms with Gasteiger partial charge in [-0.1, -0.05) is 6.07 Å². The molecule has 0 spiro atoms. The molecule has 0 aliphatic carbocycles. The van der Waals surface area contributed by atoms with Crippen LogP contribution in [0.5, 0.6) is 0 Å². The summed E-state index contributed by atoms with van der Waals surface area (Å²) in [5.74, 6) is 1.63. The summed E-state index contributed by atoms with van der Waals surface area (Å²) in [5.41, 5.74) is 1.30. The van der Waals surface area contributed by atoms with Crippen molar-refractivity contribution in [3.8, 4) is 21.4 Å². The highest BCUT2D eigenvalue weighted by Gasteiger charge is 2.11. The van der Waals surface area contributed by atoms with Crippen LogP contribution < -0.4 is 0 Å². The molecule has 0 amide bonds. The molecule has 0 fully saturated rings. The molecule has 3 heterocycles. The SMILES string of the molecule is Cc1cc(-c2n[nH]c(-c3cccs3)n2)sc1C. The summed E-state index contributed by atoms with van der Waals surface area (Å²) in [6.07, 6.45) is 0. The highest BCUT2D eigenvalue weighted by Crippen LogP contribution is 2.30. The lowest BCUT2D eigenvalue weighted by atomic mass is 10.3. The Kier molecular flexibility index (Phi) is 2.57. The van der Waals surface area contributed by atoms with Crippen molar-refractivity contribution >= 4 is 22.7 Å². The highest BCUT2D eigenvalue weighted by molar-refractivity contribution is 7.15. The van der Waals surface area contributed by atoms with E-state index in [-0.39, 0.29) is 0 Å². The number of thiophene rings is 2. The van der Waals surface area contributed by atoms with Crippen LogP contribution in [-0.2, 0) is 0 Å². The van der Waals surface area contributed by atoms with Crippen LogP contribution in [0.3, 0.4) is 0 Å². The van der Waals surface area contributed by atoms with E-state index in [2.05, 4.69) is 35.1 Å². The standard InChI is InChI=1S/C12H11N3S2/c1-7-6-10(17-8(7)2)12-13-11(14-15-12)9-4-3-5-16-9/h3-6H,1-2H3,(H,13,14,15). The van der Waals surface area contributed by atoms with Crippen LogP contribution in [-0.4, -0.2) is 15.2 Å². The van der Waals surface area contributed by atoms with Crippen LogP contribution in [0.4, 0.5) is 0 Å². The second kappa shape index (κ2) is 4.09. The fourth-order valence-corrected chi connectivity index (χ4v) is 3.21. The smallest absolute Gasteiger partial charge is 0.191 e. The third-order valence-corrected chi connectivity index (χ3v) is 4.65. The van der Waals surface area contributed by atoms with Gasteiger partial charge in [-0.2, -0.15) is 5.10 Å². The largest absolute Gasteiger partial charge is 0.258 e. The van der Waals surface area contributed by atoms with Crippen molar-refractivity contribution in [1.82, 2.24) is 15.2 Å². The molecule has 0 radical (unpaired) electrons. The zero-order valence-corrected chi connectivity index (χ0v) is 11.2. The molecule has 0 unspecified atom stereocenters. The fraction of sp³-hybridized carbons (Fsp3) is 0.167. The molecule has 0 atom stereocenters. The van der Waals surface area contributed by atoms with Gasteiger partial charge >= 0.3 is 0 Å². The zero-order chi connectivity index (χ0) is 11.8. The topological polar surface area (TPSA) is 41.6 Å². The number of nitrogens with zero attached hydrogens (tertiary/aromatic N) is 2. The first-order chi connectivity index (χ1) is 8.24. The van der Waals surface area contributed by atoms with E-state index in [4.69, 9.17) is 0 Å². The Morgan fingerprint density at radius 2 is 2.12 bits per heavy atom. The summed E-state index contributed by atoms with van der Waals surface area (Å²) >= 11 is 3.40. The molecule has 0 aliphatic heterocycles. The summed E-state index contributed by atoms with van der Waals surface area (Å²) in [4.78, 5) is 8.10. The maximum atomic E-state index is 4.53. The molecule has 0 aromatic carbocycles. The van der Waals surface area contributed by atoms with Crippen molar-refractivity contribution < 1.29 is 0 Å². The molecular formula is C12H11N3S2. The van der Waals surface area contributed by atoms with Crippen molar-refractivity contribution in [3.63, 3.8) is 0 Å². The van der Waals surface area contributed by atoms with Crippen molar-refractivity contribution in [1.29, 1.82) is 0 Å². The van der Waals surface area contributed by atoms with Gasteiger partial charge in [0.15, 0.2) is 11.6 Å². The summed E-state index contributed by atoms with van der Waals surface area (Å²) < 4.78 is 0. The molecule has 0 bridgehead atoms. The van der Waals surface area contributed by atoms with E-state index in [1.54, 1.807) is 22.7 Å². The number of aromatic nitrogens is 3. The van der Waals surface area contributed by atoms with Gasteiger partial charge in [0, 0.05) is 4.88 Å². The third-order valence-electron chi connectivity index (χ3n) is 2.63. The second-order valence-corrected chi connectivity index (χ2v) is 6.04. The van der Waals surface area contributed by atoms with Gasteiger partial charge < -0.3 is 0 Å². The van der Waals surface area contributed by atoms with Gasteiger partial charge in [-0.15, -0.1) is 22.7 Å². The van der Waals surface area contributed by atoms with Crippen molar-refractivity contribution in [2.24, 2.45) is 0 Å². The lowest BCUT2D eigenvalue weighted by Gasteiger charge is -1.86. The number of hydrogen-bond donors (Lipinski definition) is 1. The molecule has 0 saturated carbocycles. The number of H-pyrrole nitrogens is 1. The Morgan fingerprint density at radius 3 is 2.76 bits per heavy atom. The number of hydrogen-bond acceptors (Lipinski definition) is 4. The van der Waals surface area contributed by atoms with Crippen LogP contribution >= 0.6 is 22.7 Å². The monoisotopic (exact) mass is 261 g/mol. The summed E-state index contributed by atoms with van der Waals surface area (Å²) in [6.45, 7) is 4.23. The Hall–Kier alpha value is -1.46. The van der Waals surface area contributed by atoms with Crippen molar-refractivity contribution in [2.45, 2.75) is 13.8 Å². The number of aromatic amines is 1. The molecule has 1 N–H and O–H groups in total. The normalized spacial score (nSPS) is 10.9. The predicted molar refractivity (Wildman–Crippen MR) is 72.5 cm³/mol. The van der Waals surface area contributed by atoms with E-state index >= 15 is 0 Å². The Balaban J connectivity index is 2.00. The maximum absolute atomic E-state index is 4.53. The first-order valence-electron chi connectivity index (χ1n) is 5.28. The van der Waals surface area contributed by atoms with Crippen molar-refractivity contribution in [3.05, 3.63) is 34.0 Å². The second-order valence-electron chi connectivity index (χ2n) is 3.83. The Morgan fingerprint density at radius 1 is 1.24 bits per heavy atom. The average molecular weight is 261 g/mol. The molecular weight excluding hydrogens is 250 g/mol. The van der Waals surface area contributed by atoms with Crippen molar-refractivity contribution in [2.75, 3.05) is 0 Å². The molecule has 0 aliphatic rings.